The molecule has 3 aromatic rings. The van der Waals surface area contributed by atoms with Crippen molar-refractivity contribution in [1.82, 2.24) is 9.78 Å². The summed E-state index contributed by atoms with van der Waals surface area (Å²) in [5.41, 5.74) is 6.80. The molecular formula is C23H24N2O2. The number of aryl methyl sites for hydroxylation is 3. The first kappa shape index (κ1) is 16.4. The van der Waals surface area contributed by atoms with Crippen LogP contribution in [0.25, 0.3) is 5.69 Å². The molecule has 0 N–H and O–H groups in total. The van der Waals surface area contributed by atoms with Gasteiger partial charge in [-0.2, -0.15) is 5.10 Å². The van der Waals surface area contributed by atoms with Gasteiger partial charge in [-0.1, -0.05) is 42.3 Å². The van der Waals surface area contributed by atoms with E-state index in [1.807, 2.05) is 4.68 Å². The van der Waals surface area contributed by atoms with Gasteiger partial charge in [0.25, 0.3) is 0 Å². The maximum absolute atomic E-state index is 6.26. The van der Waals surface area contributed by atoms with Gasteiger partial charge >= 0.3 is 0 Å². The number of rotatable bonds is 1. The highest BCUT2D eigenvalue weighted by Gasteiger charge is 2.50. The number of nitrogens with zero attached hydrogens (tertiary/aromatic N) is 2. The lowest BCUT2D eigenvalue weighted by molar-refractivity contribution is 0.0826. The molecule has 2 aliphatic heterocycles. The first-order chi connectivity index (χ1) is 13.0. The van der Waals surface area contributed by atoms with Crippen molar-refractivity contribution in [2.24, 2.45) is 5.92 Å². The Morgan fingerprint density at radius 1 is 0.963 bits per heavy atom. The molecule has 0 saturated carbocycles. The molecule has 0 radical (unpaired) electrons. The van der Waals surface area contributed by atoms with Gasteiger partial charge in [-0.3, -0.25) is 0 Å². The lowest BCUT2D eigenvalue weighted by Crippen LogP contribution is -2.47. The van der Waals surface area contributed by atoms with Crippen molar-refractivity contribution in [3.05, 3.63) is 70.4 Å². The Balaban J connectivity index is 1.75. The number of hydrogen-bond donors (Lipinski definition) is 0. The molecule has 0 bridgehead atoms. The third kappa shape index (κ3) is 2.25. The van der Waals surface area contributed by atoms with Crippen molar-refractivity contribution in [2.75, 3.05) is 13.2 Å². The molecule has 5 rings (SSSR count). The van der Waals surface area contributed by atoms with E-state index in [4.69, 9.17) is 14.6 Å². The van der Waals surface area contributed by atoms with Crippen molar-refractivity contribution in [3.63, 3.8) is 0 Å². The Morgan fingerprint density at radius 3 is 2.44 bits per heavy atom. The van der Waals surface area contributed by atoms with E-state index < -0.39 is 0 Å². The average Bonchev–Trinajstić information content (AvgIpc) is 3.00. The predicted octanol–water partition coefficient (Wildman–Crippen LogP) is 4.50. The summed E-state index contributed by atoms with van der Waals surface area (Å²) >= 11 is 0. The minimum absolute atomic E-state index is 0.166. The van der Waals surface area contributed by atoms with Gasteiger partial charge in [0.15, 0.2) is 0 Å². The van der Waals surface area contributed by atoms with Crippen LogP contribution in [0.15, 0.2) is 42.5 Å². The fourth-order valence-electron chi connectivity index (χ4n) is 4.58. The molecule has 2 aromatic carbocycles. The molecule has 138 valence electrons. The Morgan fingerprint density at radius 2 is 1.67 bits per heavy atom. The summed E-state index contributed by atoms with van der Waals surface area (Å²) in [6.45, 7) is 9.95. The fraction of sp³-hybridized carbons (Fsp3) is 0.348. The molecule has 0 saturated heterocycles. The van der Waals surface area contributed by atoms with Gasteiger partial charge in [-0.25, -0.2) is 4.68 Å². The second-order valence-corrected chi connectivity index (χ2v) is 8.03. The normalized spacial score (nSPS) is 22.9. The number of benzene rings is 2. The maximum atomic E-state index is 6.26. The minimum Gasteiger partial charge on any atom is -0.493 e. The van der Waals surface area contributed by atoms with E-state index in [0.29, 0.717) is 13.2 Å². The summed E-state index contributed by atoms with van der Waals surface area (Å²) in [5.74, 6) is 2.12. The largest absolute Gasteiger partial charge is 0.493 e. The molecule has 0 amide bonds. The van der Waals surface area contributed by atoms with Crippen molar-refractivity contribution in [3.8, 4) is 17.3 Å². The lowest BCUT2D eigenvalue weighted by Gasteiger charge is -2.45. The van der Waals surface area contributed by atoms with Gasteiger partial charge in [0.1, 0.15) is 5.75 Å². The van der Waals surface area contributed by atoms with Gasteiger partial charge in [0.05, 0.1) is 24.6 Å². The van der Waals surface area contributed by atoms with Crippen LogP contribution in [-0.4, -0.2) is 23.0 Å². The van der Waals surface area contributed by atoms with Gasteiger partial charge in [0, 0.05) is 22.5 Å². The molecule has 2 atom stereocenters. The molecular weight excluding hydrogens is 336 g/mol. The van der Waals surface area contributed by atoms with Crippen molar-refractivity contribution in [1.29, 1.82) is 0 Å². The number of fused-ring (bicyclic) bond motifs is 5. The first-order valence-electron chi connectivity index (χ1n) is 9.52. The van der Waals surface area contributed by atoms with Crippen LogP contribution in [0.2, 0.25) is 0 Å². The van der Waals surface area contributed by atoms with E-state index in [-0.39, 0.29) is 11.3 Å². The van der Waals surface area contributed by atoms with E-state index in [1.165, 1.54) is 22.3 Å². The molecule has 4 nitrogen and oxygen atoms in total. The Hall–Kier alpha value is -2.75. The Kier molecular flexibility index (Phi) is 3.42. The topological polar surface area (TPSA) is 36.3 Å². The van der Waals surface area contributed by atoms with Crippen molar-refractivity contribution in [2.45, 2.75) is 33.1 Å². The number of hydrogen-bond acceptors (Lipinski definition) is 3. The van der Waals surface area contributed by atoms with Crippen molar-refractivity contribution >= 4 is 0 Å². The summed E-state index contributed by atoms with van der Waals surface area (Å²) in [4.78, 5) is 0. The highest BCUT2D eigenvalue weighted by Crippen LogP contribution is 2.53. The van der Waals surface area contributed by atoms with Gasteiger partial charge < -0.3 is 9.47 Å². The average molecular weight is 360 g/mol. The molecule has 0 unspecified atom stereocenters. The number of ether oxygens (including phenoxy) is 2. The zero-order valence-corrected chi connectivity index (χ0v) is 16.2. The SMILES string of the molecule is Cc1ccc(-n2nc(C)c3c2OC[C@H]2COc4ccc(C)cc4[C@@]32C)cc1. The molecule has 0 spiro atoms. The summed E-state index contributed by atoms with van der Waals surface area (Å²) in [6.07, 6.45) is 0. The monoisotopic (exact) mass is 360 g/mol. The maximum Gasteiger partial charge on any atom is 0.221 e. The van der Waals surface area contributed by atoms with Crippen LogP contribution < -0.4 is 9.47 Å². The van der Waals surface area contributed by atoms with E-state index >= 15 is 0 Å². The van der Waals surface area contributed by atoms with Gasteiger partial charge in [0.2, 0.25) is 5.88 Å². The summed E-state index contributed by atoms with van der Waals surface area (Å²) in [7, 11) is 0. The van der Waals surface area contributed by atoms with Crippen LogP contribution in [0.3, 0.4) is 0 Å². The highest BCUT2D eigenvalue weighted by molar-refractivity contribution is 5.57. The molecule has 0 aliphatic carbocycles. The molecule has 1 aromatic heterocycles. The third-order valence-corrected chi connectivity index (χ3v) is 6.19. The Labute approximate surface area is 159 Å². The first-order valence-corrected chi connectivity index (χ1v) is 9.52. The lowest BCUT2D eigenvalue weighted by atomic mass is 9.65. The van der Waals surface area contributed by atoms with E-state index in [2.05, 4.69) is 70.2 Å². The second kappa shape index (κ2) is 5.62. The second-order valence-electron chi connectivity index (χ2n) is 8.03. The zero-order chi connectivity index (χ0) is 18.8. The zero-order valence-electron chi connectivity index (χ0n) is 16.2. The van der Waals surface area contributed by atoms with E-state index in [0.717, 1.165) is 23.0 Å². The van der Waals surface area contributed by atoms with E-state index in [1.54, 1.807) is 0 Å². The standard InChI is InChI=1S/C23H24N2O2/c1-14-5-8-18(9-6-14)25-22-21(16(3)24-25)23(4)17(13-27-22)12-26-20-10-7-15(2)11-19(20)23/h5-11,17H,12-13H2,1-4H3/t17-,23+/m1/s1. The van der Waals surface area contributed by atoms with Crippen LogP contribution in [0.4, 0.5) is 0 Å². The summed E-state index contributed by atoms with van der Waals surface area (Å²) in [6, 6.07) is 14.9. The van der Waals surface area contributed by atoms with Crippen LogP contribution in [0.5, 0.6) is 11.6 Å². The van der Waals surface area contributed by atoms with Gasteiger partial charge in [-0.15, -0.1) is 0 Å². The summed E-state index contributed by atoms with van der Waals surface area (Å²) < 4.78 is 14.3. The van der Waals surface area contributed by atoms with Gasteiger partial charge in [-0.05, 0) is 39.0 Å². The highest BCUT2D eigenvalue weighted by atomic mass is 16.5. The van der Waals surface area contributed by atoms with Crippen LogP contribution in [-0.2, 0) is 5.41 Å². The van der Waals surface area contributed by atoms with Crippen LogP contribution in [0, 0.1) is 26.7 Å². The fourth-order valence-corrected chi connectivity index (χ4v) is 4.58. The Bertz CT molecular complexity index is 1040. The predicted molar refractivity (Wildman–Crippen MR) is 105 cm³/mol. The van der Waals surface area contributed by atoms with Crippen LogP contribution in [0.1, 0.15) is 34.9 Å². The third-order valence-electron chi connectivity index (χ3n) is 6.19. The van der Waals surface area contributed by atoms with E-state index in [9.17, 15) is 0 Å². The summed E-state index contributed by atoms with van der Waals surface area (Å²) in [5, 5.41) is 4.87. The number of aromatic nitrogens is 2. The molecule has 2 aliphatic rings. The van der Waals surface area contributed by atoms with Crippen LogP contribution >= 0.6 is 0 Å². The quantitative estimate of drug-likeness (QED) is 0.641. The molecule has 3 heterocycles. The molecule has 0 fully saturated rings. The molecule has 27 heavy (non-hydrogen) atoms. The molecule has 4 heteroatoms. The smallest absolute Gasteiger partial charge is 0.221 e. The van der Waals surface area contributed by atoms with Crippen molar-refractivity contribution < 1.29 is 9.47 Å². The minimum atomic E-state index is -0.166.